The van der Waals surface area contributed by atoms with Crippen LogP contribution in [-0.4, -0.2) is 29.1 Å². The Labute approximate surface area is 161 Å². The fourth-order valence-corrected chi connectivity index (χ4v) is 2.89. The Hall–Kier alpha value is -2.65. The number of nitrogens with one attached hydrogen (secondary N) is 1. The minimum atomic E-state index is -0.476. The molecule has 26 heavy (non-hydrogen) atoms. The lowest BCUT2D eigenvalue weighted by Crippen LogP contribution is -2.00. The quantitative estimate of drug-likeness (QED) is 0.349. The van der Waals surface area contributed by atoms with Gasteiger partial charge in [0.15, 0.2) is 11.5 Å². The zero-order valence-corrected chi connectivity index (χ0v) is 16.0. The van der Waals surface area contributed by atoms with E-state index in [1.807, 2.05) is 0 Å². The summed E-state index contributed by atoms with van der Waals surface area (Å²) < 4.78 is 11.2. The molecule has 2 aromatic carbocycles. The van der Waals surface area contributed by atoms with Crippen LogP contribution >= 0.6 is 27.5 Å². The van der Waals surface area contributed by atoms with Gasteiger partial charge < -0.3 is 14.8 Å². The lowest BCUT2D eigenvalue weighted by Gasteiger charge is -2.13. The summed E-state index contributed by atoms with van der Waals surface area (Å²) in [6.07, 6.45) is 0. The second kappa shape index (κ2) is 7.30. The number of methoxy groups -OCH3 is 2. The number of nitrogens with zero attached hydrogens (tertiary/aromatic N) is 3. The maximum absolute atomic E-state index is 11.0. The predicted octanol–water partition coefficient (Wildman–Crippen LogP) is 4.71. The Bertz CT molecular complexity index is 1020. The molecule has 10 heteroatoms. The third-order valence-corrected chi connectivity index (χ3v) is 4.45. The summed E-state index contributed by atoms with van der Waals surface area (Å²) in [5.74, 6) is 1.37. The molecule has 0 aliphatic rings. The molecule has 0 saturated carbocycles. The number of halogens is 2. The summed E-state index contributed by atoms with van der Waals surface area (Å²) in [7, 11) is 3.04. The minimum absolute atomic E-state index is 0.0220. The van der Waals surface area contributed by atoms with Crippen LogP contribution in [0.4, 0.5) is 17.2 Å². The van der Waals surface area contributed by atoms with E-state index in [0.717, 1.165) is 0 Å². The number of nitro benzene ring substituents is 1. The molecule has 0 amide bonds. The van der Waals surface area contributed by atoms with Gasteiger partial charge in [-0.25, -0.2) is 4.98 Å². The second-order valence-corrected chi connectivity index (χ2v) is 6.30. The van der Waals surface area contributed by atoms with Crippen molar-refractivity contribution in [3.8, 4) is 11.5 Å². The van der Waals surface area contributed by atoms with Gasteiger partial charge in [0.25, 0.3) is 5.69 Å². The molecule has 0 saturated heterocycles. The van der Waals surface area contributed by atoms with Crippen molar-refractivity contribution >= 4 is 55.6 Å². The number of aromatic nitrogens is 2. The summed E-state index contributed by atoms with van der Waals surface area (Å²) in [5.41, 5.74) is 0.941. The number of fused-ring (bicyclic) bond motifs is 1. The molecule has 0 bridgehead atoms. The summed E-state index contributed by atoms with van der Waals surface area (Å²) >= 11 is 9.39. The third-order valence-electron chi connectivity index (χ3n) is 3.59. The van der Waals surface area contributed by atoms with Crippen LogP contribution in [0, 0.1) is 10.1 Å². The normalized spacial score (nSPS) is 10.6. The maximum Gasteiger partial charge on any atom is 0.271 e. The number of benzene rings is 2. The molecule has 0 aliphatic carbocycles. The molecule has 8 nitrogen and oxygen atoms in total. The molecule has 0 atom stereocenters. The average molecular weight is 440 g/mol. The highest BCUT2D eigenvalue weighted by atomic mass is 79.9. The van der Waals surface area contributed by atoms with Crippen molar-refractivity contribution in [2.24, 2.45) is 0 Å². The lowest BCUT2D eigenvalue weighted by atomic mass is 10.2. The van der Waals surface area contributed by atoms with E-state index < -0.39 is 4.92 Å². The molecule has 1 aromatic heterocycles. The molecule has 1 heterocycles. The largest absolute Gasteiger partial charge is 0.493 e. The SMILES string of the molecule is COc1cc2nc(Cl)nc(Nc3cc([N+](=O)[O-])ccc3Br)c2cc1OC. The Balaban J connectivity index is 2.16. The second-order valence-electron chi connectivity index (χ2n) is 5.11. The van der Waals surface area contributed by atoms with Crippen molar-refractivity contribution < 1.29 is 14.4 Å². The first-order valence-electron chi connectivity index (χ1n) is 7.23. The summed E-state index contributed by atoms with van der Waals surface area (Å²) in [6, 6.07) is 7.75. The van der Waals surface area contributed by atoms with Gasteiger partial charge in [-0.05, 0) is 39.7 Å². The zero-order valence-electron chi connectivity index (χ0n) is 13.6. The van der Waals surface area contributed by atoms with Gasteiger partial charge in [0, 0.05) is 28.1 Å². The van der Waals surface area contributed by atoms with Crippen LogP contribution in [-0.2, 0) is 0 Å². The molecule has 3 aromatic rings. The van der Waals surface area contributed by atoms with Gasteiger partial charge in [-0.1, -0.05) is 0 Å². The van der Waals surface area contributed by atoms with Crippen LogP contribution in [0.15, 0.2) is 34.8 Å². The van der Waals surface area contributed by atoms with Crippen LogP contribution in [0.2, 0.25) is 5.28 Å². The van der Waals surface area contributed by atoms with E-state index in [1.165, 1.54) is 26.4 Å². The number of ether oxygens (including phenoxy) is 2. The van der Waals surface area contributed by atoms with Crippen molar-refractivity contribution in [2.45, 2.75) is 0 Å². The van der Waals surface area contributed by atoms with E-state index >= 15 is 0 Å². The molecule has 3 rings (SSSR count). The first-order chi connectivity index (χ1) is 12.4. The molecular formula is C16H12BrClN4O4. The van der Waals surface area contributed by atoms with Crippen molar-refractivity contribution in [1.29, 1.82) is 0 Å². The Morgan fingerprint density at radius 3 is 2.50 bits per heavy atom. The standard InChI is InChI=1S/C16H12BrClN4O4/c1-25-13-6-9-11(7-14(13)26-2)20-16(18)21-15(9)19-12-5-8(22(23)24)3-4-10(12)17/h3-7H,1-2H3,(H,19,20,21). The molecule has 0 fully saturated rings. The van der Waals surface area contributed by atoms with E-state index in [4.69, 9.17) is 21.1 Å². The van der Waals surface area contributed by atoms with E-state index in [1.54, 1.807) is 18.2 Å². The van der Waals surface area contributed by atoms with Gasteiger partial charge in [-0.2, -0.15) is 4.98 Å². The maximum atomic E-state index is 11.0. The number of anilines is 2. The summed E-state index contributed by atoms with van der Waals surface area (Å²) in [5, 5.41) is 14.7. The van der Waals surface area contributed by atoms with Gasteiger partial charge in [-0.3, -0.25) is 10.1 Å². The van der Waals surface area contributed by atoms with Gasteiger partial charge in [0.05, 0.1) is 30.3 Å². The third kappa shape index (κ3) is 3.49. The molecule has 134 valence electrons. The van der Waals surface area contributed by atoms with E-state index in [9.17, 15) is 10.1 Å². The van der Waals surface area contributed by atoms with Gasteiger partial charge in [0.2, 0.25) is 5.28 Å². The first-order valence-corrected chi connectivity index (χ1v) is 8.40. The van der Waals surface area contributed by atoms with Crippen LogP contribution in [0.5, 0.6) is 11.5 Å². The monoisotopic (exact) mass is 438 g/mol. The molecule has 0 aliphatic heterocycles. The predicted molar refractivity (Wildman–Crippen MR) is 102 cm³/mol. The van der Waals surface area contributed by atoms with Crippen molar-refractivity contribution in [3.63, 3.8) is 0 Å². The highest BCUT2D eigenvalue weighted by molar-refractivity contribution is 9.10. The number of rotatable bonds is 5. The molecule has 0 spiro atoms. The van der Waals surface area contributed by atoms with Crippen LogP contribution < -0.4 is 14.8 Å². The zero-order chi connectivity index (χ0) is 18.8. The topological polar surface area (TPSA) is 99.4 Å². The van der Waals surface area contributed by atoms with Gasteiger partial charge in [-0.15, -0.1) is 0 Å². The van der Waals surface area contributed by atoms with Gasteiger partial charge >= 0.3 is 0 Å². The molecule has 0 unspecified atom stereocenters. The Morgan fingerprint density at radius 2 is 1.85 bits per heavy atom. The molecule has 1 N–H and O–H groups in total. The molecule has 0 radical (unpaired) electrons. The fraction of sp³-hybridized carbons (Fsp3) is 0.125. The average Bonchev–Trinajstić information content (AvgIpc) is 2.62. The summed E-state index contributed by atoms with van der Waals surface area (Å²) in [4.78, 5) is 18.9. The fourth-order valence-electron chi connectivity index (χ4n) is 2.37. The Kier molecular flexibility index (Phi) is 5.10. The highest BCUT2D eigenvalue weighted by Gasteiger charge is 2.15. The van der Waals surface area contributed by atoms with Crippen LogP contribution in [0.25, 0.3) is 10.9 Å². The number of nitro groups is 1. The van der Waals surface area contributed by atoms with Crippen molar-refractivity contribution in [1.82, 2.24) is 9.97 Å². The smallest absolute Gasteiger partial charge is 0.271 e. The van der Waals surface area contributed by atoms with Crippen LogP contribution in [0.3, 0.4) is 0 Å². The Morgan fingerprint density at radius 1 is 1.15 bits per heavy atom. The van der Waals surface area contributed by atoms with Crippen molar-refractivity contribution in [3.05, 3.63) is 50.2 Å². The van der Waals surface area contributed by atoms with Gasteiger partial charge in [0.1, 0.15) is 5.82 Å². The first kappa shape index (κ1) is 18.2. The highest BCUT2D eigenvalue weighted by Crippen LogP contribution is 2.37. The van der Waals surface area contributed by atoms with E-state index in [0.29, 0.717) is 38.4 Å². The van der Waals surface area contributed by atoms with E-state index in [-0.39, 0.29) is 11.0 Å². The summed E-state index contributed by atoms with van der Waals surface area (Å²) in [6.45, 7) is 0. The number of hydrogen-bond acceptors (Lipinski definition) is 7. The van der Waals surface area contributed by atoms with Crippen LogP contribution in [0.1, 0.15) is 0 Å². The van der Waals surface area contributed by atoms with Crippen molar-refractivity contribution in [2.75, 3.05) is 19.5 Å². The lowest BCUT2D eigenvalue weighted by molar-refractivity contribution is -0.384. The minimum Gasteiger partial charge on any atom is -0.493 e. The number of hydrogen-bond donors (Lipinski definition) is 1. The van der Waals surface area contributed by atoms with E-state index in [2.05, 4.69) is 31.2 Å². The molecular weight excluding hydrogens is 428 g/mol. The number of non-ortho nitro benzene ring substituents is 1.